The lowest BCUT2D eigenvalue weighted by Crippen LogP contribution is -2.54. The minimum absolute atomic E-state index is 0.0235. The maximum atomic E-state index is 14.4. The number of aliphatic carboxylic acids is 2. The van der Waals surface area contributed by atoms with E-state index in [-0.39, 0.29) is 29.9 Å². The molecule has 1 aromatic heterocycles. The van der Waals surface area contributed by atoms with E-state index in [1.165, 1.54) is 46.8 Å². The molecule has 1 fully saturated rings. The van der Waals surface area contributed by atoms with E-state index in [1.807, 2.05) is 36.1 Å². The number of carboxylic acid groups (broad SMARTS) is 2. The molecule has 0 bridgehead atoms. The molecule has 4 aromatic rings. The fourth-order valence-corrected chi connectivity index (χ4v) is 7.23. The number of aliphatic hydroxyl groups is 2. The Kier molecular flexibility index (Phi) is 17.2. The van der Waals surface area contributed by atoms with Crippen LogP contribution in [0.25, 0.3) is 11.1 Å². The Morgan fingerprint density at radius 2 is 1.49 bits per heavy atom. The van der Waals surface area contributed by atoms with Gasteiger partial charge in [-0.1, -0.05) is 48.5 Å². The monoisotopic (exact) mass is 846 g/mol. The summed E-state index contributed by atoms with van der Waals surface area (Å²) in [6, 6.07) is 20.2. The zero-order chi connectivity index (χ0) is 43.3. The molecule has 13 nitrogen and oxygen atoms in total. The summed E-state index contributed by atoms with van der Waals surface area (Å²) in [5.74, 6) is -3.53. The van der Waals surface area contributed by atoms with Gasteiger partial charge >= 0.3 is 18.1 Å². The van der Waals surface area contributed by atoms with Crippen molar-refractivity contribution in [2.45, 2.75) is 80.9 Å². The summed E-state index contributed by atoms with van der Waals surface area (Å²) in [6.07, 6.45) is -6.38. The van der Waals surface area contributed by atoms with Crippen molar-refractivity contribution in [1.82, 2.24) is 19.6 Å². The van der Waals surface area contributed by atoms with E-state index in [4.69, 9.17) is 25.2 Å². The predicted octanol–water partition coefficient (Wildman–Crippen LogP) is 5.29. The molecule has 4 N–H and O–H groups in total. The van der Waals surface area contributed by atoms with Gasteiger partial charge in [0.2, 0.25) is 5.91 Å². The number of piperidine rings is 1. The van der Waals surface area contributed by atoms with E-state index in [0.29, 0.717) is 48.1 Å². The first kappa shape index (κ1) is 46.5. The predicted molar refractivity (Wildman–Crippen MR) is 210 cm³/mol. The molecular weight excluding hydrogens is 801 g/mol. The molecule has 3 atom stereocenters. The summed E-state index contributed by atoms with van der Waals surface area (Å²) >= 11 is 1.39. The number of ether oxygens (including phenoxy) is 1. The number of hydrogen-bond acceptors (Lipinski definition) is 10. The molecule has 3 aromatic carbocycles. The number of alkyl halides is 3. The number of halogens is 4. The minimum Gasteiger partial charge on any atom is -0.479 e. The highest BCUT2D eigenvalue weighted by Crippen LogP contribution is 2.32. The highest BCUT2D eigenvalue weighted by atomic mass is 32.2. The van der Waals surface area contributed by atoms with Crippen molar-refractivity contribution >= 4 is 29.6 Å². The number of aliphatic hydroxyl groups excluding tert-OH is 2. The minimum atomic E-state index is -4.40. The number of likely N-dealkylation sites (tertiary alicyclic amines) is 1. The van der Waals surface area contributed by atoms with Gasteiger partial charge in [-0.05, 0) is 72.7 Å². The van der Waals surface area contributed by atoms with Crippen molar-refractivity contribution in [2.24, 2.45) is 0 Å². The number of methoxy groups -OCH3 is 1. The number of nitrogens with zero attached hydrogens (tertiary/aromatic N) is 4. The van der Waals surface area contributed by atoms with Crippen LogP contribution in [0.5, 0.6) is 0 Å². The normalized spacial score (nSPS) is 15.4. The molecule has 59 heavy (non-hydrogen) atoms. The fourth-order valence-electron chi connectivity index (χ4n) is 6.25. The molecule has 0 saturated carbocycles. The zero-order valence-corrected chi connectivity index (χ0v) is 33.2. The van der Waals surface area contributed by atoms with Crippen molar-refractivity contribution in [1.29, 1.82) is 0 Å². The van der Waals surface area contributed by atoms with E-state index >= 15 is 0 Å². The van der Waals surface area contributed by atoms with Crippen LogP contribution in [0.1, 0.15) is 48.6 Å². The van der Waals surface area contributed by atoms with Crippen LogP contribution >= 0.6 is 11.8 Å². The number of carbonyl (C=O) groups is 3. The van der Waals surface area contributed by atoms with Crippen LogP contribution in [0.4, 0.5) is 17.6 Å². The molecule has 18 heteroatoms. The number of carbonyl (C=O) groups excluding carboxylic acids is 1. The highest BCUT2D eigenvalue weighted by molar-refractivity contribution is 7.98. The maximum Gasteiger partial charge on any atom is 0.416 e. The molecule has 318 valence electrons. The smallest absolute Gasteiger partial charge is 0.416 e. The molecular formula is C41H46F4N4O9S. The standard InChI is InChI=1S/C37H40F4N4O3S.C4H6O6/c1-3-45-36(47)23-33(49-25-27-9-17-31(38)18-10-27)32(42-45)22-35(46)44(34-6-4-5-19-43(34)20-21-48-2)24-26-7-11-28(12-8-26)29-13-15-30(16-14-29)37(39,40)41;5-1(3(7)8)2(6)4(9)10/h7-18,23,34H,3-6,19-22,24-25H2,1-2H3;1-2,5-6H,(H,7,8)(H,9,10). The van der Waals surface area contributed by atoms with Gasteiger partial charge in [0.15, 0.2) is 12.2 Å². The lowest BCUT2D eigenvalue weighted by atomic mass is 10.0. The van der Waals surface area contributed by atoms with Crippen LogP contribution in [-0.2, 0) is 50.6 Å². The first-order valence-corrected chi connectivity index (χ1v) is 19.6. The fraction of sp³-hybridized carbons (Fsp3) is 0.390. The number of amides is 1. The van der Waals surface area contributed by atoms with Crippen LogP contribution < -0.4 is 5.56 Å². The van der Waals surface area contributed by atoms with Gasteiger partial charge in [0.1, 0.15) is 5.82 Å². The molecule has 2 heterocycles. The average Bonchev–Trinajstić information content (AvgIpc) is 3.22. The summed E-state index contributed by atoms with van der Waals surface area (Å²) in [6.45, 7) is 4.49. The van der Waals surface area contributed by atoms with Gasteiger partial charge in [0.25, 0.3) is 5.56 Å². The third kappa shape index (κ3) is 13.4. The number of hydrogen-bond donors (Lipinski definition) is 4. The van der Waals surface area contributed by atoms with Gasteiger partial charge in [-0.3, -0.25) is 14.5 Å². The van der Waals surface area contributed by atoms with Crippen LogP contribution in [0.15, 0.2) is 88.6 Å². The summed E-state index contributed by atoms with van der Waals surface area (Å²) in [7, 11) is 1.65. The molecule has 1 aliphatic rings. The van der Waals surface area contributed by atoms with E-state index < -0.39 is 35.9 Å². The van der Waals surface area contributed by atoms with Crippen molar-refractivity contribution in [2.75, 3.05) is 26.8 Å². The second-order valence-electron chi connectivity index (χ2n) is 13.6. The first-order valence-electron chi connectivity index (χ1n) is 18.6. The van der Waals surface area contributed by atoms with Crippen LogP contribution in [0.3, 0.4) is 0 Å². The molecule has 3 unspecified atom stereocenters. The quantitative estimate of drug-likeness (QED) is 0.0847. The summed E-state index contributed by atoms with van der Waals surface area (Å²) in [5, 5.41) is 37.1. The molecule has 1 amide bonds. The SMILES string of the molecule is CCn1nc(CC(=O)N(Cc2ccc(-c3ccc(C(F)(F)F)cc3)cc2)C2CCCCN2CCOC)c(SCc2ccc(F)cc2)cc1=O.O=C(O)C(O)C(O)C(=O)O. The highest BCUT2D eigenvalue weighted by Gasteiger charge is 2.33. The van der Waals surface area contributed by atoms with Gasteiger partial charge in [-0.25, -0.2) is 18.7 Å². The average molecular weight is 847 g/mol. The summed E-state index contributed by atoms with van der Waals surface area (Å²) in [5.41, 5.74) is 2.72. The Morgan fingerprint density at radius 3 is 2.03 bits per heavy atom. The maximum absolute atomic E-state index is 14.4. The summed E-state index contributed by atoms with van der Waals surface area (Å²) < 4.78 is 59.4. The van der Waals surface area contributed by atoms with Crippen molar-refractivity contribution < 1.29 is 57.1 Å². The second-order valence-corrected chi connectivity index (χ2v) is 14.6. The molecule has 0 radical (unpaired) electrons. The third-order valence-electron chi connectivity index (χ3n) is 9.46. The Labute approximate surface area is 341 Å². The van der Waals surface area contributed by atoms with Gasteiger partial charge in [0, 0.05) is 50.0 Å². The van der Waals surface area contributed by atoms with E-state index in [0.717, 1.165) is 54.6 Å². The van der Waals surface area contributed by atoms with Gasteiger partial charge in [0.05, 0.1) is 30.5 Å². The number of rotatable bonds is 16. The van der Waals surface area contributed by atoms with Crippen LogP contribution in [0.2, 0.25) is 0 Å². The molecule has 0 aliphatic carbocycles. The van der Waals surface area contributed by atoms with E-state index in [1.54, 1.807) is 19.2 Å². The lowest BCUT2D eigenvalue weighted by Gasteiger charge is -2.43. The lowest BCUT2D eigenvalue weighted by molar-refractivity contribution is -0.165. The van der Waals surface area contributed by atoms with E-state index in [2.05, 4.69) is 10.00 Å². The Hall–Kier alpha value is -5.14. The zero-order valence-electron chi connectivity index (χ0n) is 32.3. The Bertz CT molecular complexity index is 2050. The third-order valence-corrected chi connectivity index (χ3v) is 10.6. The number of carboxylic acids is 2. The summed E-state index contributed by atoms with van der Waals surface area (Å²) in [4.78, 5) is 51.5. The largest absolute Gasteiger partial charge is 0.479 e. The van der Waals surface area contributed by atoms with Crippen LogP contribution in [0, 0.1) is 5.82 Å². The van der Waals surface area contributed by atoms with Gasteiger partial charge < -0.3 is 30.1 Å². The molecule has 1 saturated heterocycles. The number of thioether (sulfide) groups is 1. The second kappa shape index (κ2) is 21.7. The Balaban J connectivity index is 0.000000680. The van der Waals surface area contributed by atoms with E-state index in [9.17, 15) is 36.7 Å². The topological polar surface area (TPSA) is 183 Å². The number of aryl methyl sites for hydroxylation is 1. The molecule has 1 aliphatic heterocycles. The van der Waals surface area contributed by atoms with Crippen molar-refractivity contribution in [3.8, 4) is 11.1 Å². The molecule has 0 spiro atoms. The first-order chi connectivity index (χ1) is 28.0. The molecule has 5 rings (SSSR count). The number of benzene rings is 3. The van der Waals surface area contributed by atoms with Gasteiger partial charge in [-0.2, -0.15) is 18.3 Å². The Morgan fingerprint density at radius 1 is 0.915 bits per heavy atom. The van der Waals surface area contributed by atoms with Crippen LogP contribution in [-0.4, -0.2) is 103 Å². The van der Waals surface area contributed by atoms with Crippen molar-refractivity contribution in [3.05, 3.63) is 117 Å². The van der Waals surface area contributed by atoms with Gasteiger partial charge in [-0.15, -0.1) is 11.8 Å². The number of aromatic nitrogens is 2. The van der Waals surface area contributed by atoms with Crippen molar-refractivity contribution in [3.63, 3.8) is 0 Å².